The number of hydroxylamine groups is 2. The summed E-state index contributed by atoms with van der Waals surface area (Å²) in [6.07, 6.45) is 1.45. The van der Waals surface area contributed by atoms with E-state index in [1.165, 1.54) is 35.4 Å². The van der Waals surface area contributed by atoms with E-state index in [0.29, 0.717) is 44.7 Å². The number of primary amides is 1. The first kappa shape index (κ1) is 33.2. The average molecular weight is 684 g/mol. The van der Waals surface area contributed by atoms with E-state index in [1.54, 1.807) is 12.1 Å². The summed E-state index contributed by atoms with van der Waals surface area (Å²) in [5.74, 6) is -3.98. The summed E-state index contributed by atoms with van der Waals surface area (Å²) in [5, 5.41) is 24.2. The third-order valence-corrected chi connectivity index (χ3v) is 9.27. The van der Waals surface area contributed by atoms with Crippen LogP contribution in [0.1, 0.15) is 75.7 Å². The first-order chi connectivity index (χ1) is 24.0. The Labute approximate surface area is 284 Å². The van der Waals surface area contributed by atoms with Gasteiger partial charge in [0, 0.05) is 30.5 Å². The lowest BCUT2D eigenvalue weighted by Gasteiger charge is -2.27. The molecule has 0 saturated carbocycles. The second kappa shape index (κ2) is 13.2. The zero-order valence-corrected chi connectivity index (χ0v) is 26.5. The molecule has 2 saturated heterocycles. The van der Waals surface area contributed by atoms with Crippen molar-refractivity contribution in [3.8, 4) is 11.1 Å². The summed E-state index contributed by atoms with van der Waals surface area (Å²) in [5.41, 5.74) is 8.39. The minimum Gasteiger partial charge on any atom is -0.467 e. The Hall–Kier alpha value is -5.29. The zero-order valence-electron chi connectivity index (χ0n) is 26.5. The van der Waals surface area contributed by atoms with Gasteiger partial charge in [0.15, 0.2) is 0 Å². The van der Waals surface area contributed by atoms with E-state index in [2.05, 4.69) is 5.32 Å². The van der Waals surface area contributed by atoms with Crippen LogP contribution in [0.2, 0.25) is 0 Å². The summed E-state index contributed by atoms with van der Waals surface area (Å²) < 4.78 is 16.3. The number of hydrogen-bond acceptors (Lipinski definition) is 12. The number of imide groups is 1. The van der Waals surface area contributed by atoms with Gasteiger partial charge in [0.2, 0.25) is 11.8 Å². The van der Waals surface area contributed by atoms with E-state index in [4.69, 9.17) is 24.3 Å². The molecule has 5 amide bonds. The number of nitrogens with one attached hydrogen (secondary N) is 1. The van der Waals surface area contributed by atoms with Gasteiger partial charge in [-0.2, -0.15) is 0 Å². The van der Waals surface area contributed by atoms with Gasteiger partial charge in [0.1, 0.15) is 11.8 Å². The van der Waals surface area contributed by atoms with E-state index in [-0.39, 0.29) is 55.9 Å². The van der Waals surface area contributed by atoms with Crippen LogP contribution in [0.4, 0.5) is 0 Å². The van der Waals surface area contributed by atoms with Crippen LogP contribution in [0.5, 0.6) is 0 Å². The fraction of sp³-hybridized carbons (Fsp3) is 0.312. The van der Waals surface area contributed by atoms with Gasteiger partial charge >= 0.3 is 20.2 Å². The molecule has 4 aliphatic rings. The van der Waals surface area contributed by atoms with Gasteiger partial charge < -0.3 is 44.6 Å². The topological polar surface area (TPSA) is 228 Å². The molecule has 1 aromatic heterocycles. The monoisotopic (exact) mass is 684 g/mol. The molecular weight excluding hydrogens is 654 g/mol. The van der Waals surface area contributed by atoms with Crippen molar-refractivity contribution < 1.29 is 57.4 Å². The van der Waals surface area contributed by atoms with Crippen molar-refractivity contribution in [2.45, 2.75) is 57.4 Å². The highest BCUT2D eigenvalue weighted by Crippen LogP contribution is 2.34. The molecule has 2 fully saturated rings. The largest absolute Gasteiger partial charge is 0.491 e. The number of carbonyl (C=O) groups excluding carboxylic acids is 6. The molecule has 5 heterocycles. The maximum absolute atomic E-state index is 14.5. The van der Waals surface area contributed by atoms with Crippen molar-refractivity contribution >= 4 is 60.7 Å². The third kappa shape index (κ3) is 6.06. The second-order valence-corrected chi connectivity index (χ2v) is 12.4. The maximum atomic E-state index is 14.5. The first-order valence-corrected chi connectivity index (χ1v) is 15.9. The molecule has 0 radical (unpaired) electrons. The van der Waals surface area contributed by atoms with Gasteiger partial charge in [0.05, 0.1) is 31.9 Å². The lowest BCUT2D eigenvalue weighted by Crippen LogP contribution is -2.47. The number of likely N-dealkylation sites (tertiary alicyclic amines) is 1. The summed E-state index contributed by atoms with van der Waals surface area (Å²) >= 11 is 0. The summed E-state index contributed by atoms with van der Waals surface area (Å²) in [7, 11) is -2.61. The molecule has 0 bridgehead atoms. The smallest absolute Gasteiger partial charge is 0.467 e. The molecule has 5 N–H and O–H groups in total. The molecule has 0 spiro atoms. The SMILES string of the molecule is NC(=O)c1cc2c(c(-c3cc4c(cc3C(=O)N3CCC[C@H]3C(=O)N[C@@H](CC(=O)ON3C(=O)CCC3=O)c3ccco3)B(O)OC4)c1)COB2O. The van der Waals surface area contributed by atoms with E-state index >= 15 is 0 Å². The van der Waals surface area contributed by atoms with Crippen LogP contribution in [-0.4, -0.2) is 82.3 Å². The normalized spacial score (nSPS) is 18.8. The lowest BCUT2D eigenvalue weighted by molar-refractivity contribution is -0.198. The Morgan fingerprint density at radius 2 is 1.74 bits per heavy atom. The minimum atomic E-state index is -1.32. The zero-order chi connectivity index (χ0) is 35.3. The van der Waals surface area contributed by atoms with Crippen molar-refractivity contribution in [3.63, 3.8) is 0 Å². The van der Waals surface area contributed by atoms with Crippen molar-refractivity contribution in [2.75, 3.05) is 6.54 Å². The van der Waals surface area contributed by atoms with Gasteiger partial charge in [0.25, 0.3) is 17.7 Å². The highest BCUT2D eigenvalue weighted by Gasteiger charge is 2.40. The number of nitrogens with two attached hydrogens (primary N) is 1. The van der Waals surface area contributed by atoms with Gasteiger partial charge in [-0.15, -0.1) is 5.06 Å². The van der Waals surface area contributed by atoms with Crippen molar-refractivity contribution in [1.82, 2.24) is 15.3 Å². The molecule has 18 heteroatoms. The minimum absolute atomic E-state index is 0.0137. The van der Waals surface area contributed by atoms with Crippen LogP contribution in [0, 0.1) is 0 Å². The van der Waals surface area contributed by atoms with Crippen LogP contribution in [0.15, 0.2) is 47.1 Å². The Morgan fingerprint density at radius 3 is 2.46 bits per heavy atom. The van der Waals surface area contributed by atoms with E-state index in [9.17, 15) is 38.8 Å². The maximum Gasteiger partial charge on any atom is 0.491 e. The van der Waals surface area contributed by atoms with Crippen molar-refractivity contribution in [1.29, 1.82) is 0 Å². The molecule has 50 heavy (non-hydrogen) atoms. The van der Waals surface area contributed by atoms with Gasteiger partial charge in [-0.3, -0.25) is 24.0 Å². The van der Waals surface area contributed by atoms with Crippen LogP contribution >= 0.6 is 0 Å². The van der Waals surface area contributed by atoms with Crippen LogP contribution < -0.4 is 22.0 Å². The number of rotatable bonds is 9. The van der Waals surface area contributed by atoms with Crippen LogP contribution in [0.3, 0.4) is 0 Å². The summed E-state index contributed by atoms with van der Waals surface area (Å²) in [6.45, 7) is 0.237. The van der Waals surface area contributed by atoms with E-state index in [0.717, 1.165) is 0 Å². The predicted octanol–water partition coefficient (Wildman–Crippen LogP) is -1.06. The standard InChI is InChI=1S/C32H30B2N4O12/c35-30(42)16-9-19(21-15-49-34(46)23(21)11-16)18-10-17-14-48-33(45)22(17)12-20(18)32(44)37-7-1-3-25(37)31(43)36-24(26-4-2-8-47-26)13-29(41)50-38-27(39)5-6-28(38)40/h2,4,8-12,24-25,45-46H,1,3,5-7,13-15H2,(H2,35,42)(H,36,43)/t24-,25-/m0/s1. The van der Waals surface area contributed by atoms with Crippen molar-refractivity contribution in [2.24, 2.45) is 5.73 Å². The van der Waals surface area contributed by atoms with Gasteiger partial charge in [-0.05, 0) is 82.4 Å². The molecule has 16 nitrogen and oxygen atoms in total. The highest BCUT2D eigenvalue weighted by molar-refractivity contribution is 6.62. The number of benzene rings is 2. The van der Waals surface area contributed by atoms with Crippen molar-refractivity contribution in [3.05, 3.63) is 70.7 Å². The second-order valence-electron chi connectivity index (χ2n) is 12.4. The lowest BCUT2D eigenvalue weighted by atomic mass is 9.74. The number of fused-ring (bicyclic) bond motifs is 2. The average Bonchev–Trinajstić information content (AvgIpc) is 3.95. The number of nitrogens with zero attached hydrogens (tertiary/aromatic N) is 2. The molecule has 0 aliphatic carbocycles. The quantitative estimate of drug-likeness (QED) is 0.156. The molecule has 7 rings (SSSR count). The van der Waals surface area contributed by atoms with Crippen LogP contribution in [0.25, 0.3) is 11.1 Å². The molecule has 2 atom stereocenters. The Bertz CT molecular complexity index is 1920. The highest BCUT2D eigenvalue weighted by atomic mass is 16.7. The molecule has 4 aliphatic heterocycles. The van der Waals surface area contributed by atoms with Gasteiger partial charge in [-0.25, -0.2) is 4.79 Å². The summed E-state index contributed by atoms with van der Waals surface area (Å²) in [4.78, 5) is 83.7. The Morgan fingerprint density at radius 1 is 1.00 bits per heavy atom. The third-order valence-electron chi connectivity index (χ3n) is 9.27. The predicted molar refractivity (Wildman–Crippen MR) is 171 cm³/mol. The van der Waals surface area contributed by atoms with E-state index < -0.39 is 68.2 Å². The van der Waals surface area contributed by atoms with Gasteiger partial charge in [-0.1, -0.05) is 0 Å². The molecule has 2 aromatic carbocycles. The van der Waals surface area contributed by atoms with E-state index in [1.807, 2.05) is 0 Å². The Balaban J connectivity index is 1.19. The number of amides is 5. The summed E-state index contributed by atoms with van der Waals surface area (Å²) in [6, 6.07) is 7.15. The molecule has 256 valence electrons. The molecular formula is C32H30B2N4O12. The number of hydrogen-bond donors (Lipinski definition) is 4. The first-order valence-electron chi connectivity index (χ1n) is 15.9. The number of furan rings is 1. The fourth-order valence-electron chi connectivity index (χ4n) is 6.77. The molecule has 3 aromatic rings. The number of carbonyl (C=O) groups is 6. The Kier molecular flexibility index (Phi) is 8.77. The van der Waals surface area contributed by atoms with Crippen LogP contribution in [-0.2, 0) is 46.5 Å². The molecule has 0 unspecified atom stereocenters. The fourth-order valence-corrected chi connectivity index (χ4v) is 6.77.